The summed E-state index contributed by atoms with van der Waals surface area (Å²) in [5.74, 6) is 1.24. The number of hydrogen-bond acceptors (Lipinski definition) is 4. The molecule has 0 bridgehead atoms. The molecule has 1 saturated heterocycles. The molecule has 1 aromatic heterocycles. The fourth-order valence-corrected chi connectivity index (χ4v) is 2.56. The highest BCUT2D eigenvalue weighted by Gasteiger charge is 2.27. The van der Waals surface area contributed by atoms with Crippen molar-refractivity contribution in [3.63, 3.8) is 0 Å². The van der Waals surface area contributed by atoms with E-state index in [9.17, 15) is 4.79 Å². The molecule has 7 heteroatoms. The lowest BCUT2D eigenvalue weighted by Crippen LogP contribution is -2.45. The predicted molar refractivity (Wildman–Crippen MR) is 74.4 cm³/mol. The molecule has 112 valence electrons. The van der Waals surface area contributed by atoms with Crippen molar-refractivity contribution >= 4 is 6.03 Å². The Balaban J connectivity index is 1.84. The maximum absolute atomic E-state index is 12.1. The Hall–Kier alpha value is -1.63. The van der Waals surface area contributed by atoms with Crippen molar-refractivity contribution in [2.45, 2.75) is 25.2 Å². The van der Waals surface area contributed by atoms with E-state index in [-0.39, 0.29) is 11.9 Å². The lowest BCUT2D eigenvalue weighted by Gasteiger charge is -2.32. The van der Waals surface area contributed by atoms with Crippen molar-refractivity contribution in [3.8, 4) is 0 Å². The van der Waals surface area contributed by atoms with Crippen molar-refractivity contribution in [1.29, 1.82) is 0 Å². The summed E-state index contributed by atoms with van der Waals surface area (Å²) >= 11 is 0. The highest BCUT2D eigenvalue weighted by molar-refractivity contribution is 5.74. The van der Waals surface area contributed by atoms with Crippen LogP contribution in [0.1, 0.15) is 31.0 Å². The number of piperidine rings is 1. The van der Waals surface area contributed by atoms with Crippen LogP contribution in [0.3, 0.4) is 0 Å². The molecule has 1 aromatic rings. The van der Waals surface area contributed by atoms with E-state index in [0.29, 0.717) is 19.7 Å². The number of carbonyl (C=O) groups excluding carboxylic acids is 1. The summed E-state index contributed by atoms with van der Waals surface area (Å²) < 4.78 is 6.90. The summed E-state index contributed by atoms with van der Waals surface area (Å²) in [7, 11) is 3.61. The van der Waals surface area contributed by atoms with Gasteiger partial charge in [-0.25, -0.2) is 4.79 Å². The highest BCUT2D eigenvalue weighted by Crippen LogP contribution is 2.24. The second-order valence-corrected chi connectivity index (χ2v) is 5.16. The van der Waals surface area contributed by atoms with Crippen LogP contribution in [-0.2, 0) is 11.8 Å². The molecule has 0 saturated carbocycles. The number of ether oxygens (including phenoxy) is 1. The fourth-order valence-electron chi connectivity index (χ4n) is 2.56. The molecule has 1 aliphatic rings. The molecule has 1 fully saturated rings. The van der Waals surface area contributed by atoms with Gasteiger partial charge in [-0.2, -0.15) is 0 Å². The maximum atomic E-state index is 12.1. The Bertz CT molecular complexity index is 434. The fraction of sp³-hybridized carbons (Fsp3) is 0.769. The van der Waals surface area contributed by atoms with Crippen LogP contribution in [0.25, 0.3) is 0 Å². The number of aromatic nitrogens is 3. The van der Waals surface area contributed by atoms with Gasteiger partial charge >= 0.3 is 6.03 Å². The largest absolute Gasteiger partial charge is 0.385 e. The van der Waals surface area contributed by atoms with E-state index in [0.717, 1.165) is 31.6 Å². The Morgan fingerprint density at radius 2 is 2.45 bits per heavy atom. The van der Waals surface area contributed by atoms with Crippen LogP contribution in [0.4, 0.5) is 4.79 Å². The van der Waals surface area contributed by atoms with E-state index >= 15 is 0 Å². The van der Waals surface area contributed by atoms with Gasteiger partial charge in [0.1, 0.15) is 12.2 Å². The first-order valence-corrected chi connectivity index (χ1v) is 7.08. The summed E-state index contributed by atoms with van der Waals surface area (Å²) in [5, 5.41) is 11.0. The van der Waals surface area contributed by atoms with E-state index in [1.807, 2.05) is 16.5 Å². The monoisotopic (exact) mass is 281 g/mol. The molecule has 2 amide bonds. The third-order valence-corrected chi connectivity index (χ3v) is 3.62. The van der Waals surface area contributed by atoms with Gasteiger partial charge in [-0.15, -0.1) is 10.2 Å². The summed E-state index contributed by atoms with van der Waals surface area (Å²) in [6.07, 6.45) is 4.60. The minimum atomic E-state index is 0.00738. The second-order valence-electron chi connectivity index (χ2n) is 5.16. The molecule has 1 aliphatic heterocycles. The van der Waals surface area contributed by atoms with E-state index in [1.54, 1.807) is 13.4 Å². The quantitative estimate of drug-likeness (QED) is 0.808. The summed E-state index contributed by atoms with van der Waals surface area (Å²) in [6, 6.07) is 0.00738. The number of carbonyl (C=O) groups is 1. The van der Waals surface area contributed by atoms with Crippen molar-refractivity contribution < 1.29 is 9.53 Å². The Labute approximate surface area is 119 Å². The SMILES string of the molecule is COCCCNC(=O)N1CCC[C@H](c2nncn2C)C1. The zero-order valence-electron chi connectivity index (χ0n) is 12.2. The number of nitrogens with one attached hydrogen (secondary N) is 1. The molecule has 0 unspecified atom stereocenters. The number of methoxy groups -OCH3 is 1. The van der Waals surface area contributed by atoms with Crippen LogP contribution in [0.15, 0.2) is 6.33 Å². The van der Waals surface area contributed by atoms with E-state index in [1.165, 1.54) is 0 Å². The Morgan fingerprint density at radius 1 is 1.60 bits per heavy atom. The molecule has 2 rings (SSSR count). The third-order valence-electron chi connectivity index (χ3n) is 3.62. The molecule has 1 N–H and O–H groups in total. The molecule has 0 aromatic carbocycles. The number of nitrogens with zero attached hydrogens (tertiary/aromatic N) is 4. The average molecular weight is 281 g/mol. The lowest BCUT2D eigenvalue weighted by atomic mass is 9.97. The molecule has 1 atom stereocenters. The third kappa shape index (κ3) is 3.69. The lowest BCUT2D eigenvalue weighted by molar-refractivity contribution is 0.172. The molecular weight excluding hydrogens is 258 g/mol. The molecule has 20 heavy (non-hydrogen) atoms. The van der Waals surface area contributed by atoms with Gasteiger partial charge in [-0.05, 0) is 19.3 Å². The molecule has 0 spiro atoms. The molecule has 0 aliphatic carbocycles. The number of urea groups is 1. The van der Waals surface area contributed by atoms with Crippen LogP contribution in [0.5, 0.6) is 0 Å². The van der Waals surface area contributed by atoms with Crippen molar-refractivity contribution in [3.05, 3.63) is 12.2 Å². The number of likely N-dealkylation sites (tertiary alicyclic amines) is 1. The highest BCUT2D eigenvalue weighted by atomic mass is 16.5. The van der Waals surface area contributed by atoms with Crippen LogP contribution in [0.2, 0.25) is 0 Å². The number of aryl methyl sites for hydroxylation is 1. The minimum Gasteiger partial charge on any atom is -0.385 e. The number of amides is 2. The number of hydrogen-bond donors (Lipinski definition) is 1. The van der Waals surface area contributed by atoms with Crippen molar-refractivity contribution in [2.24, 2.45) is 7.05 Å². The van der Waals surface area contributed by atoms with Crippen LogP contribution >= 0.6 is 0 Å². The zero-order valence-corrected chi connectivity index (χ0v) is 12.2. The first kappa shape index (κ1) is 14.8. The Kier molecular flexibility index (Phi) is 5.34. The molecule has 0 radical (unpaired) electrons. The van der Waals surface area contributed by atoms with Gasteiger partial charge in [0.15, 0.2) is 0 Å². The summed E-state index contributed by atoms with van der Waals surface area (Å²) in [5.41, 5.74) is 0. The zero-order chi connectivity index (χ0) is 14.4. The summed E-state index contributed by atoms with van der Waals surface area (Å²) in [4.78, 5) is 14.0. The van der Waals surface area contributed by atoms with Gasteiger partial charge < -0.3 is 19.5 Å². The van der Waals surface area contributed by atoms with Gasteiger partial charge in [-0.1, -0.05) is 0 Å². The van der Waals surface area contributed by atoms with Crippen LogP contribution < -0.4 is 5.32 Å². The maximum Gasteiger partial charge on any atom is 0.317 e. The first-order chi connectivity index (χ1) is 9.72. The Morgan fingerprint density at radius 3 is 3.15 bits per heavy atom. The van der Waals surface area contributed by atoms with E-state index in [2.05, 4.69) is 15.5 Å². The normalized spacial score (nSPS) is 19.1. The standard InChI is InChI=1S/C13H23N5O2/c1-17-10-15-16-12(17)11-5-3-7-18(9-11)13(19)14-6-4-8-20-2/h10-11H,3-9H2,1-2H3,(H,14,19)/t11-/m0/s1. The van der Waals surface area contributed by atoms with Crippen molar-refractivity contribution in [2.75, 3.05) is 33.4 Å². The molecular formula is C13H23N5O2. The van der Waals surface area contributed by atoms with Crippen molar-refractivity contribution in [1.82, 2.24) is 25.0 Å². The second kappa shape index (κ2) is 7.23. The predicted octanol–water partition coefficient (Wildman–Crippen LogP) is 0.741. The first-order valence-electron chi connectivity index (χ1n) is 7.08. The average Bonchev–Trinajstić information content (AvgIpc) is 2.90. The van der Waals surface area contributed by atoms with Gasteiger partial charge in [0, 0.05) is 46.3 Å². The van der Waals surface area contributed by atoms with Gasteiger partial charge in [0.25, 0.3) is 0 Å². The molecule has 2 heterocycles. The topological polar surface area (TPSA) is 72.3 Å². The van der Waals surface area contributed by atoms with Crippen LogP contribution in [0, 0.1) is 0 Å². The van der Waals surface area contributed by atoms with E-state index < -0.39 is 0 Å². The number of rotatable bonds is 5. The van der Waals surface area contributed by atoms with E-state index in [4.69, 9.17) is 4.74 Å². The smallest absolute Gasteiger partial charge is 0.317 e. The van der Waals surface area contributed by atoms with Gasteiger partial charge in [-0.3, -0.25) is 0 Å². The van der Waals surface area contributed by atoms with Gasteiger partial charge in [0.2, 0.25) is 0 Å². The minimum absolute atomic E-state index is 0.00738. The van der Waals surface area contributed by atoms with Crippen LogP contribution in [-0.4, -0.2) is 59.0 Å². The summed E-state index contributed by atoms with van der Waals surface area (Å²) in [6.45, 7) is 2.84. The van der Waals surface area contributed by atoms with Gasteiger partial charge in [0.05, 0.1) is 0 Å². The molecule has 7 nitrogen and oxygen atoms in total.